The highest BCUT2D eigenvalue weighted by Crippen LogP contribution is 2.16. The van der Waals surface area contributed by atoms with Crippen molar-refractivity contribution in [1.82, 2.24) is 10.6 Å². The molecule has 0 radical (unpaired) electrons. The smallest absolute Gasteiger partial charge is 0.191 e. The molecule has 25 heavy (non-hydrogen) atoms. The highest BCUT2D eigenvalue weighted by Gasteiger charge is 2.04. The van der Waals surface area contributed by atoms with Crippen LogP contribution in [0.15, 0.2) is 47.5 Å². The maximum absolute atomic E-state index is 12.1. The predicted molar refractivity (Wildman–Crippen MR) is 120 cm³/mol. The summed E-state index contributed by atoms with van der Waals surface area (Å²) >= 11 is 1.82. The van der Waals surface area contributed by atoms with Gasteiger partial charge in [-0.25, -0.2) is 0 Å². The summed E-state index contributed by atoms with van der Waals surface area (Å²) in [5.41, 5.74) is 1.11. The van der Waals surface area contributed by atoms with E-state index < -0.39 is 10.8 Å². The number of aliphatic imine (C=N–C) groups is 1. The van der Waals surface area contributed by atoms with Crippen LogP contribution < -0.4 is 10.6 Å². The Morgan fingerprint density at radius 1 is 1.12 bits per heavy atom. The predicted octanol–water partition coefficient (Wildman–Crippen LogP) is 3.54. The minimum Gasteiger partial charge on any atom is -0.355 e. The zero-order valence-corrected chi connectivity index (χ0v) is 18.6. The number of halogens is 1. The van der Waals surface area contributed by atoms with Crippen molar-refractivity contribution in [3.05, 3.63) is 57.8 Å². The molecule has 0 aliphatic rings. The molecule has 0 saturated carbocycles. The Morgan fingerprint density at radius 2 is 1.84 bits per heavy atom. The Kier molecular flexibility index (Phi) is 11.0. The van der Waals surface area contributed by atoms with E-state index in [1.54, 1.807) is 7.05 Å². The van der Waals surface area contributed by atoms with Crippen molar-refractivity contribution in [1.29, 1.82) is 0 Å². The number of nitrogens with one attached hydrogen (secondary N) is 2. The molecule has 0 spiro atoms. The van der Waals surface area contributed by atoms with Crippen molar-refractivity contribution >= 4 is 52.1 Å². The van der Waals surface area contributed by atoms with Gasteiger partial charge < -0.3 is 10.6 Å². The van der Waals surface area contributed by atoms with E-state index in [9.17, 15) is 4.21 Å². The maximum Gasteiger partial charge on any atom is 0.191 e. The summed E-state index contributed by atoms with van der Waals surface area (Å²) in [7, 11) is 0.882. The van der Waals surface area contributed by atoms with Crippen LogP contribution in [0.3, 0.4) is 0 Å². The number of nitrogens with zero attached hydrogens (tertiary/aromatic N) is 1. The molecule has 7 heteroatoms. The van der Waals surface area contributed by atoms with E-state index in [1.807, 2.05) is 41.7 Å². The molecule has 2 aromatic rings. The third kappa shape index (κ3) is 8.33. The Bertz CT molecular complexity index is 674. The van der Waals surface area contributed by atoms with Crippen molar-refractivity contribution in [2.24, 2.45) is 4.99 Å². The lowest BCUT2D eigenvalue weighted by molar-refractivity contribution is 0.680. The van der Waals surface area contributed by atoms with E-state index in [4.69, 9.17) is 0 Å². The van der Waals surface area contributed by atoms with E-state index in [0.29, 0.717) is 18.1 Å². The molecule has 1 aromatic heterocycles. The van der Waals surface area contributed by atoms with Gasteiger partial charge in [-0.2, -0.15) is 0 Å². The van der Waals surface area contributed by atoms with Gasteiger partial charge in [0.05, 0.1) is 6.54 Å². The topological polar surface area (TPSA) is 53.5 Å². The maximum atomic E-state index is 12.1. The minimum absolute atomic E-state index is 0. The molecule has 1 atom stereocenters. The third-order valence-electron chi connectivity index (χ3n) is 3.51. The molecule has 0 aliphatic carbocycles. The highest BCUT2D eigenvalue weighted by atomic mass is 127. The second-order valence-corrected chi connectivity index (χ2v) is 8.18. The second-order valence-electron chi connectivity index (χ2n) is 5.35. The number of rotatable bonds is 8. The quantitative estimate of drug-likeness (QED) is 0.338. The summed E-state index contributed by atoms with van der Waals surface area (Å²) in [5.74, 6) is 1.95. The van der Waals surface area contributed by atoms with Gasteiger partial charge in [0, 0.05) is 45.7 Å². The zero-order valence-electron chi connectivity index (χ0n) is 14.7. The van der Waals surface area contributed by atoms with Gasteiger partial charge in [-0.3, -0.25) is 9.20 Å². The first-order chi connectivity index (χ1) is 11.7. The summed E-state index contributed by atoms with van der Waals surface area (Å²) in [6.45, 7) is 3.57. The average Bonchev–Trinajstić information content (AvgIpc) is 3.07. The fourth-order valence-corrected chi connectivity index (χ4v) is 4.15. The van der Waals surface area contributed by atoms with Crippen molar-refractivity contribution in [2.75, 3.05) is 19.3 Å². The van der Waals surface area contributed by atoms with Gasteiger partial charge in [0.15, 0.2) is 5.96 Å². The van der Waals surface area contributed by atoms with Gasteiger partial charge in [0.2, 0.25) is 0 Å². The van der Waals surface area contributed by atoms with Crippen LogP contribution in [0.4, 0.5) is 0 Å². The van der Waals surface area contributed by atoms with Crippen LogP contribution in [-0.2, 0) is 29.5 Å². The highest BCUT2D eigenvalue weighted by molar-refractivity contribution is 14.0. The first kappa shape index (κ1) is 22.1. The van der Waals surface area contributed by atoms with Gasteiger partial charge in [-0.05, 0) is 24.1 Å². The molecule has 138 valence electrons. The molecular formula is C18H26IN3OS2. The monoisotopic (exact) mass is 491 g/mol. The van der Waals surface area contributed by atoms with E-state index in [2.05, 4.69) is 34.7 Å². The van der Waals surface area contributed by atoms with Crippen LogP contribution in [0.2, 0.25) is 0 Å². The summed E-state index contributed by atoms with van der Waals surface area (Å²) < 4.78 is 12.1. The molecule has 0 fully saturated rings. The summed E-state index contributed by atoms with van der Waals surface area (Å²) in [4.78, 5) is 6.90. The van der Waals surface area contributed by atoms with Crippen LogP contribution in [0.1, 0.15) is 22.2 Å². The number of guanidine groups is 1. The number of hydrogen-bond acceptors (Lipinski definition) is 3. The van der Waals surface area contributed by atoms with E-state index in [-0.39, 0.29) is 24.0 Å². The van der Waals surface area contributed by atoms with Gasteiger partial charge in [-0.1, -0.05) is 37.3 Å². The van der Waals surface area contributed by atoms with E-state index in [0.717, 1.165) is 24.5 Å². The lowest BCUT2D eigenvalue weighted by Crippen LogP contribution is -2.38. The van der Waals surface area contributed by atoms with Gasteiger partial charge >= 0.3 is 0 Å². The van der Waals surface area contributed by atoms with Crippen molar-refractivity contribution in [3.8, 4) is 0 Å². The average molecular weight is 491 g/mol. The molecule has 0 saturated heterocycles. The van der Waals surface area contributed by atoms with Crippen LogP contribution in [0.25, 0.3) is 0 Å². The SMILES string of the molecule is CCc1ccc(CNC(=NC)NCCS(=O)Cc2ccccc2)s1.I. The fraction of sp³-hybridized carbons (Fsp3) is 0.389. The molecule has 1 heterocycles. The second kappa shape index (κ2) is 12.4. The lowest BCUT2D eigenvalue weighted by Gasteiger charge is -2.11. The van der Waals surface area contributed by atoms with Gasteiger partial charge in [-0.15, -0.1) is 35.3 Å². The first-order valence-electron chi connectivity index (χ1n) is 8.12. The molecular weight excluding hydrogens is 465 g/mol. The van der Waals surface area contributed by atoms with Crippen LogP contribution >= 0.6 is 35.3 Å². The van der Waals surface area contributed by atoms with Crippen molar-refractivity contribution < 1.29 is 4.21 Å². The third-order valence-corrected chi connectivity index (χ3v) is 6.06. The van der Waals surface area contributed by atoms with Crippen LogP contribution in [0, 0.1) is 0 Å². The lowest BCUT2D eigenvalue weighted by atomic mass is 10.2. The summed E-state index contributed by atoms with van der Waals surface area (Å²) in [6.07, 6.45) is 1.07. The van der Waals surface area contributed by atoms with E-state index in [1.165, 1.54) is 9.75 Å². The molecule has 0 aliphatic heterocycles. The molecule has 2 N–H and O–H groups in total. The molecule has 4 nitrogen and oxygen atoms in total. The molecule has 0 amide bonds. The minimum atomic E-state index is -0.870. The van der Waals surface area contributed by atoms with Crippen LogP contribution in [-0.4, -0.2) is 29.5 Å². The first-order valence-corrected chi connectivity index (χ1v) is 10.4. The zero-order chi connectivity index (χ0) is 17.2. The standard InChI is InChI=1S/C18H25N3OS2.HI/c1-3-16-9-10-17(23-16)13-21-18(19-2)20-11-12-24(22)14-15-7-5-4-6-8-15;/h4-10H,3,11-14H2,1-2H3,(H2,19,20,21);1H. The summed E-state index contributed by atoms with van der Waals surface area (Å²) in [5, 5.41) is 6.52. The fourth-order valence-electron chi connectivity index (χ4n) is 2.21. The number of thiophene rings is 1. The van der Waals surface area contributed by atoms with Crippen molar-refractivity contribution in [3.63, 3.8) is 0 Å². The number of hydrogen-bond donors (Lipinski definition) is 2. The normalized spacial score (nSPS) is 12.3. The molecule has 1 aromatic carbocycles. The molecule has 0 bridgehead atoms. The van der Waals surface area contributed by atoms with Crippen LogP contribution in [0.5, 0.6) is 0 Å². The molecule has 2 rings (SSSR count). The van der Waals surface area contributed by atoms with Crippen molar-refractivity contribution in [2.45, 2.75) is 25.6 Å². The number of aryl methyl sites for hydroxylation is 1. The Balaban J connectivity index is 0.00000312. The Labute approximate surface area is 174 Å². The Morgan fingerprint density at radius 3 is 2.48 bits per heavy atom. The largest absolute Gasteiger partial charge is 0.355 e. The Hall–Kier alpha value is -0.930. The van der Waals surface area contributed by atoms with E-state index >= 15 is 0 Å². The van der Waals surface area contributed by atoms with Gasteiger partial charge in [0.1, 0.15) is 0 Å². The van der Waals surface area contributed by atoms with Gasteiger partial charge in [0.25, 0.3) is 0 Å². The summed E-state index contributed by atoms with van der Waals surface area (Å²) in [6, 6.07) is 14.3. The molecule has 1 unspecified atom stereocenters. The number of benzene rings is 1.